The molecule has 1 unspecified atom stereocenters. The number of hydrogen-bond donors (Lipinski definition) is 3. The molecule has 2 aliphatic rings. The summed E-state index contributed by atoms with van der Waals surface area (Å²) in [6.07, 6.45) is 0. The van der Waals surface area contributed by atoms with Crippen LogP contribution in [0.5, 0.6) is 0 Å². The van der Waals surface area contributed by atoms with E-state index in [2.05, 4.69) is 5.32 Å². The molecule has 0 aromatic carbocycles. The van der Waals surface area contributed by atoms with E-state index >= 15 is 0 Å². The third-order valence-electron chi connectivity index (χ3n) is 4.47. The number of hydroxylamine groups is 1. The summed E-state index contributed by atoms with van der Waals surface area (Å²) < 4.78 is 5.26. The van der Waals surface area contributed by atoms with Gasteiger partial charge in [-0.1, -0.05) is 0 Å². The van der Waals surface area contributed by atoms with Crippen LogP contribution in [0.4, 0.5) is 0 Å². The van der Waals surface area contributed by atoms with Crippen LogP contribution < -0.4 is 10.8 Å². The van der Waals surface area contributed by atoms with E-state index in [1.165, 1.54) is 6.07 Å². The SMILES string of the molecule is O=C(NO)c1ccc(C(=O)C2CN(CC(=O)N3CCOCC3)CCN2)s1. The highest BCUT2D eigenvalue weighted by Crippen LogP contribution is 2.19. The first-order chi connectivity index (χ1) is 12.6. The molecule has 0 saturated carbocycles. The normalized spacial score (nSPS) is 21.4. The van der Waals surface area contributed by atoms with Gasteiger partial charge in [0.1, 0.15) is 0 Å². The standard InChI is InChI=1S/C16H22N4O5S/c21-14(20-5-7-25-8-6-20)10-19-4-3-17-11(9-19)15(22)12-1-2-13(26-12)16(23)18-24/h1-2,11,17,24H,3-10H2,(H,18,23). The molecule has 142 valence electrons. The fraction of sp³-hybridized carbons (Fsp3) is 0.562. The number of amides is 2. The largest absolute Gasteiger partial charge is 0.378 e. The van der Waals surface area contributed by atoms with E-state index in [0.29, 0.717) is 50.8 Å². The van der Waals surface area contributed by atoms with E-state index in [1.54, 1.807) is 16.4 Å². The molecule has 1 atom stereocenters. The van der Waals surface area contributed by atoms with E-state index in [0.717, 1.165) is 11.3 Å². The molecule has 2 amide bonds. The van der Waals surface area contributed by atoms with Gasteiger partial charge < -0.3 is 15.0 Å². The molecular formula is C16H22N4O5S. The predicted octanol–water partition coefficient (Wildman–Crippen LogP) is -0.818. The van der Waals surface area contributed by atoms with Crippen molar-refractivity contribution >= 4 is 28.9 Å². The summed E-state index contributed by atoms with van der Waals surface area (Å²) in [7, 11) is 0. The summed E-state index contributed by atoms with van der Waals surface area (Å²) >= 11 is 1.04. The van der Waals surface area contributed by atoms with E-state index in [4.69, 9.17) is 9.94 Å². The van der Waals surface area contributed by atoms with Crippen molar-refractivity contribution in [2.45, 2.75) is 6.04 Å². The van der Waals surface area contributed by atoms with Crippen LogP contribution >= 0.6 is 11.3 Å². The Morgan fingerprint density at radius 2 is 1.96 bits per heavy atom. The Kier molecular flexibility index (Phi) is 6.33. The Bertz CT molecular complexity index is 673. The van der Waals surface area contributed by atoms with Crippen molar-refractivity contribution in [1.29, 1.82) is 0 Å². The summed E-state index contributed by atoms with van der Waals surface area (Å²) in [5, 5.41) is 11.8. The van der Waals surface area contributed by atoms with Gasteiger partial charge in [-0.15, -0.1) is 11.3 Å². The van der Waals surface area contributed by atoms with Gasteiger partial charge in [-0.2, -0.15) is 0 Å². The summed E-state index contributed by atoms with van der Waals surface area (Å²) in [5.74, 6) is -0.696. The van der Waals surface area contributed by atoms with E-state index in [9.17, 15) is 14.4 Å². The second kappa shape index (κ2) is 8.69. The molecule has 1 aromatic rings. The first-order valence-corrected chi connectivity index (χ1v) is 9.30. The predicted molar refractivity (Wildman–Crippen MR) is 93.5 cm³/mol. The molecule has 0 aliphatic carbocycles. The molecule has 10 heteroatoms. The number of ether oxygens (including phenoxy) is 1. The molecular weight excluding hydrogens is 360 g/mol. The minimum Gasteiger partial charge on any atom is -0.378 e. The zero-order valence-corrected chi connectivity index (χ0v) is 15.1. The van der Waals surface area contributed by atoms with Crippen molar-refractivity contribution in [2.75, 3.05) is 52.5 Å². The lowest BCUT2D eigenvalue weighted by Crippen LogP contribution is -2.56. The number of ketones is 1. The maximum atomic E-state index is 12.7. The number of piperazine rings is 1. The number of morpholine rings is 1. The molecule has 0 radical (unpaired) electrons. The summed E-state index contributed by atoms with van der Waals surface area (Å²) in [6.45, 7) is 4.39. The quantitative estimate of drug-likeness (QED) is 0.347. The first kappa shape index (κ1) is 18.9. The van der Waals surface area contributed by atoms with Crippen molar-refractivity contribution in [3.8, 4) is 0 Å². The Labute approximate surface area is 154 Å². The highest BCUT2D eigenvalue weighted by atomic mass is 32.1. The Morgan fingerprint density at radius 1 is 1.23 bits per heavy atom. The van der Waals surface area contributed by atoms with Crippen LogP contribution in [0.15, 0.2) is 12.1 Å². The van der Waals surface area contributed by atoms with Gasteiger partial charge >= 0.3 is 0 Å². The second-order valence-electron chi connectivity index (χ2n) is 6.20. The van der Waals surface area contributed by atoms with Gasteiger partial charge in [-0.25, -0.2) is 5.48 Å². The van der Waals surface area contributed by atoms with Gasteiger partial charge in [0, 0.05) is 32.7 Å². The molecule has 9 nitrogen and oxygen atoms in total. The molecule has 26 heavy (non-hydrogen) atoms. The van der Waals surface area contributed by atoms with Crippen LogP contribution in [-0.2, 0) is 9.53 Å². The van der Waals surface area contributed by atoms with Crippen LogP contribution in [0.3, 0.4) is 0 Å². The van der Waals surface area contributed by atoms with Crippen molar-refractivity contribution in [1.82, 2.24) is 20.6 Å². The molecule has 0 spiro atoms. The van der Waals surface area contributed by atoms with E-state index in [-0.39, 0.29) is 23.1 Å². The molecule has 3 N–H and O–H groups in total. The third-order valence-corrected chi connectivity index (χ3v) is 5.57. The van der Waals surface area contributed by atoms with Crippen LogP contribution in [0.2, 0.25) is 0 Å². The molecule has 2 saturated heterocycles. The molecule has 2 fully saturated rings. The van der Waals surface area contributed by atoms with Gasteiger partial charge in [0.15, 0.2) is 5.78 Å². The maximum absolute atomic E-state index is 12.7. The topological polar surface area (TPSA) is 111 Å². The average Bonchev–Trinajstić information content (AvgIpc) is 3.18. The lowest BCUT2D eigenvalue weighted by Gasteiger charge is -2.34. The number of hydrogen-bond acceptors (Lipinski definition) is 8. The smallest absolute Gasteiger partial charge is 0.284 e. The molecule has 2 aliphatic heterocycles. The van der Waals surface area contributed by atoms with Gasteiger partial charge in [0.25, 0.3) is 5.91 Å². The number of carbonyl (C=O) groups is 3. The zero-order valence-electron chi connectivity index (χ0n) is 14.3. The number of rotatable bonds is 5. The Hall–Kier alpha value is -1.85. The first-order valence-electron chi connectivity index (χ1n) is 8.48. The van der Waals surface area contributed by atoms with Crippen LogP contribution in [0.25, 0.3) is 0 Å². The highest BCUT2D eigenvalue weighted by molar-refractivity contribution is 7.16. The zero-order chi connectivity index (χ0) is 18.5. The van der Waals surface area contributed by atoms with Crippen LogP contribution in [0.1, 0.15) is 19.3 Å². The number of carbonyl (C=O) groups excluding carboxylic acids is 3. The lowest BCUT2D eigenvalue weighted by molar-refractivity contribution is -0.136. The van der Waals surface area contributed by atoms with Crippen molar-refractivity contribution in [2.24, 2.45) is 0 Å². The summed E-state index contributed by atoms with van der Waals surface area (Å²) in [6, 6.07) is 2.66. The molecule has 1 aromatic heterocycles. The number of thiophene rings is 1. The summed E-state index contributed by atoms with van der Waals surface area (Å²) in [4.78, 5) is 41.0. The Morgan fingerprint density at radius 3 is 2.69 bits per heavy atom. The number of nitrogens with one attached hydrogen (secondary N) is 2. The van der Waals surface area contributed by atoms with Gasteiger partial charge in [0.05, 0.1) is 35.6 Å². The van der Waals surface area contributed by atoms with Crippen LogP contribution in [0, 0.1) is 0 Å². The van der Waals surface area contributed by atoms with Crippen molar-refractivity contribution in [3.63, 3.8) is 0 Å². The Balaban J connectivity index is 1.57. The monoisotopic (exact) mass is 382 g/mol. The van der Waals surface area contributed by atoms with Crippen LogP contribution in [-0.4, -0.2) is 91.1 Å². The molecule has 3 heterocycles. The van der Waals surface area contributed by atoms with Crippen molar-refractivity contribution in [3.05, 3.63) is 21.9 Å². The van der Waals surface area contributed by atoms with Gasteiger partial charge in [0.2, 0.25) is 5.91 Å². The van der Waals surface area contributed by atoms with Gasteiger partial charge in [-0.05, 0) is 12.1 Å². The summed E-state index contributed by atoms with van der Waals surface area (Å²) in [5.41, 5.74) is 1.56. The highest BCUT2D eigenvalue weighted by Gasteiger charge is 2.29. The van der Waals surface area contributed by atoms with E-state index in [1.807, 2.05) is 4.90 Å². The number of Topliss-reactive ketones (excluding diaryl/α,β-unsaturated/α-hetero) is 1. The van der Waals surface area contributed by atoms with E-state index < -0.39 is 11.9 Å². The maximum Gasteiger partial charge on any atom is 0.284 e. The third kappa shape index (κ3) is 4.46. The fourth-order valence-corrected chi connectivity index (χ4v) is 3.94. The molecule has 3 rings (SSSR count). The lowest BCUT2D eigenvalue weighted by atomic mass is 10.1. The number of nitrogens with zero attached hydrogens (tertiary/aromatic N) is 2. The minimum atomic E-state index is -0.636. The second-order valence-corrected chi connectivity index (χ2v) is 7.29. The van der Waals surface area contributed by atoms with Crippen molar-refractivity contribution < 1.29 is 24.3 Å². The average molecular weight is 382 g/mol. The fourth-order valence-electron chi connectivity index (χ4n) is 3.05. The molecule has 0 bridgehead atoms. The minimum absolute atomic E-state index is 0.0550. The van der Waals surface area contributed by atoms with Gasteiger partial charge in [-0.3, -0.25) is 24.5 Å².